The van der Waals surface area contributed by atoms with Crippen LogP contribution in [0.5, 0.6) is 5.75 Å². The SMILES string of the molecule is CN(CC(=O)NCCCCOc1ccc2nccc(C(=O)NCC(=O)N3CC(F)(F)C[C@H]3C#N)c2c1)[C@H]1CCN(C(=O)CCCCC2(N(C)CC(=O)O)CN(CC(=O)O)CCN(CC(=O)O)C2)C1. The van der Waals surface area contributed by atoms with Crippen LogP contribution in [0.25, 0.3) is 10.9 Å². The summed E-state index contributed by atoms with van der Waals surface area (Å²) in [4.78, 5) is 101. The number of amides is 4. The molecule has 0 spiro atoms. The van der Waals surface area contributed by atoms with Crippen LogP contribution in [0.1, 0.15) is 61.7 Å². The molecule has 21 nitrogen and oxygen atoms in total. The number of nitrogens with zero attached hydrogens (tertiary/aromatic N) is 8. The summed E-state index contributed by atoms with van der Waals surface area (Å²) < 4.78 is 33.5. The summed E-state index contributed by atoms with van der Waals surface area (Å²) in [5.41, 5.74) is -0.185. The number of rotatable bonds is 24. The number of carbonyl (C=O) groups is 7. The Bertz CT molecular complexity index is 2170. The number of ether oxygens (including phenoxy) is 1. The van der Waals surface area contributed by atoms with Crippen LogP contribution in [0.15, 0.2) is 30.5 Å². The molecule has 5 rings (SSSR count). The first-order valence-electron chi connectivity index (χ1n) is 22.7. The molecule has 23 heteroatoms. The first kappa shape index (κ1) is 52.9. The standard InChI is InChI=1S/C45H62F2N10O11/c1-52(31-11-15-56(23-31)38(59)7-3-4-12-44(53(2)25-40(61)62)28-54(26-41(63)64)16-17-55(29-44)27-42(65)66)24-37(58)50-13-5-6-18-68-33-8-9-36-35(19-33)34(10-14-49-36)43(67)51-22-39(60)57-30-45(46,47)20-32(57)21-48/h8-10,14,19,31-32H,3-7,11-13,15-18,20,22-30H2,1-2H3,(H,50,58)(H,51,67)(H,61,62)(H,63,64)(H,65,66)/t31-,32-/m0/s1. The second-order valence-corrected chi connectivity index (χ2v) is 17.9. The Kier molecular flexibility index (Phi) is 18.9. The fraction of sp³-hybridized carbons (Fsp3) is 0.622. The van der Waals surface area contributed by atoms with E-state index < -0.39 is 66.7 Å². The summed E-state index contributed by atoms with van der Waals surface area (Å²) in [5, 5.41) is 43.7. The highest BCUT2D eigenvalue weighted by molar-refractivity contribution is 6.07. The van der Waals surface area contributed by atoms with Gasteiger partial charge < -0.3 is 40.5 Å². The maximum atomic E-state index is 13.8. The summed E-state index contributed by atoms with van der Waals surface area (Å²) in [6, 6.07) is 6.89. The molecule has 0 radical (unpaired) electrons. The molecule has 3 aliphatic rings. The molecule has 372 valence electrons. The Morgan fingerprint density at radius 3 is 2.25 bits per heavy atom. The number of carboxylic acids is 3. The number of likely N-dealkylation sites (tertiary alicyclic amines) is 2. The van der Waals surface area contributed by atoms with Gasteiger partial charge in [0.1, 0.15) is 11.8 Å². The predicted octanol–water partition coefficient (Wildman–Crippen LogP) is 0.635. The van der Waals surface area contributed by atoms with E-state index in [0.29, 0.717) is 94.5 Å². The molecule has 4 heterocycles. The lowest BCUT2D eigenvalue weighted by atomic mass is 9.88. The van der Waals surface area contributed by atoms with Crippen molar-refractivity contribution >= 4 is 52.4 Å². The molecule has 0 unspecified atom stereocenters. The van der Waals surface area contributed by atoms with Gasteiger partial charge in [-0.2, -0.15) is 5.26 Å². The molecule has 2 atom stereocenters. The van der Waals surface area contributed by atoms with E-state index in [1.807, 2.05) is 11.9 Å². The van der Waals surface area contributed by atoms with Crippen LogP contribution >= 0.6 is 0 Å². The van der Waals surface area contributed by atoms with E-state index in [1.54, 1.807) is 50.9 Å². The zero-order valence-corrected chi connectivity index (χ0v) is 38.5. The number of unbranched alkanes of at least 4 members (excludes halogenated alkanes) is 2. The molecule has 0 saturated carbocycles. The summed E-state index contributed by atoms with van der Waals surface area (Å²) in [6.07, 6.45) is 4.27. The zero-order valence-electron chi connectivity index (χ0n) is 38.5. The van der Waals surface area contributed by atoms with Crippen LogP contribution in [0, 0.1) is 11.3 Å². The summed E-state index contributed by atoms with van der Waals surface area (Å²) >= 11 is 0. The number of nitrogens with one attached hydrogen (secondary N) is 2. The Hall–Kier alpha value is -6.09. The molecule has 1 aromatic heterocycles. The molecule has 3 aliphatic heterocycles. The minimum absolute atomic E-state index is 0.0216. The second-order valence-electron chi connectivity index (χ2n) is 17.9. The van der Waals surface area contributed by atoms with Gasteiger partial charge in [-0.15, -0.1) is 0 Å². The van der Waals surface area contributed by atoms with Gasteiger partial charge in [0.25, 0.3) is 11.8 Å². The van der Waals surface area contributed by atoms with E-state index >= 15 is 0 Å². The zero-order chi connectivity index (χ0) is 49.6. The minimum atomic E-state index is -3.17. The largest absolute Gasteiger partial charge is 0.494 e. The van der Waals surface area contributed by atoms with E-state index in [2.05, 4.69) is 15.6 Å². The topological polar surface area (TPSA) is 270 Å². The highest BCUT2D eigenvalue weighted by atomic mass is 19.3. The Labute approximate surface area is 392 Å². The number of pyridine rings is 1. The molecule has 1 aromatic carbocycles. The van der Waals surface area contributed by atoms with E-state index in [1.165, 1.54) is 12.3 Å². The second kappa shape index (κ2) is 24.3. The predicted molar refractivity (Wildman–Crippen MR) is 240 cm³/mol. The van der Waals surface area contributed by atoms with Crippen molar-refractivity contribution in [1.82, 2.24) is 45.0 Å². The monoisotopic (exact) mass is 956 g/mol. The molecule has 4 amide bonds. The third-order valence-electron chi connectivity index (χ3n) is 12.7. The van der Waals surface area contributed by atoms with Crippen molar-refractivity contribution in [3.63, 3.8) is 0 Å². The van der Waals surface area contributed by atoms with Gasteiger partial charge >= 0.3 is 17.9 Å². The Balaban J connectivity index is 1.00. The van der Waals surface area contributed by atoms with E-state index in [4.69, 9.17) is 4.74 Å². The van der Waals surface area contributed by atoms with E-state index in [-0.39, 0.29) is 69.1 Å². The number of benzene rings is 1. The van der Waals surface area contributed by atoms with Gasteiger partial charge in [0, 0.05) is 81.8 Å². The van der Waals surface area contributed by atoms with Gasteiger partial charge in [-0.3, -0.25) is 58.1 Å². The third kappa shape index (κ3) is 15.2. The maximum Gasteiger partial charge on any atom is 0.317 e. The molecule has 3 fully saturated rings. The van der Waals surface area contributed by atoms with E-state index in [0.717, 1.165) is 4.90 Å². The average molecular weight is 957 g/mol. The van der Waals surface area contributed by atoms with Crippen LogP contribution in [-0.2, 0) is 28.8 Å². The lowest BCUT2D eigenvalue weighted by Gasteiger charge is -2.44. The third-order valence-corrected chi connectivity index (χ3v) is 12.7. The fourth-order valence-electron chi connectivity index (χ4n) is 9.17. The van der Waals surface area contributed by atoms with Crippen molar-refractivity contribution in [1.29, 1.82) is 5.26 Å². The molecule has 0 aliphatic carbocycles. The number of aliphatic carboxylic acids is 3. The average Bonchev–Trinajstić information content (AvgIpc) is 3.86. The van der Waals surface area contributed by atoms with Gasteiger partial charge in [0.2, 0.25) is 17.7 Å². The number of fused-ring (bicyclic) bond motifs is 1. The van der Waals surface area contributed by atoms with Crippen molar-refractivity contribution in [3.8, 4) is 11.8 Å². The van der Waals surface area contributed by atoms with Crippen molar-refractivity contribution < 1.29 is 62.4 Å². The Morgan fingerprint density at radius 2 is 1.59 bits per heavy atom. The van der Waals surface area contributed by atoms with Crippen molar-refractivity contribution in [2.45, 2.75) is 74.9 Å². The highest BCUT2D eigenvalue weighted by Gasteiger charge is 2.47. The molecule has 68 heavy (non-hydrogen) atoms. The fourth-order valence-corrected chi connectivity index (χ4v) is 9.17. The van der Waals surface area contributed by atoms with Crippen molar-refractivity contribution in [3.05, 3.63) is 36.0 Å². The van der Waals surface area contributed by atoms with Crippen LogP contribution in [0.2, 0.25) is 0 Å². The smallest absolute Gasteiger partial charge is 0.317 e. The van der Waals surface area contributed by atoms with Gasteiger partial charge in [0.05, 0.1) is 63.0 Å². The number of likely N-dealkylation sites (N-methyl/N-ethyl adjacent to an activating group) is 2. The molecule has 3 saturated heterocycles. The van der Waals surface area contributed by atoms with Crippen molar-refractivity contribution in [2.75, 3.05) is 106 Å². The molecule has 5 N–H and O–H groups in total. The molecular formula is C45H62F2N10O11. The lowest BCUT2D eigenvalue weighted by molar-refractivity contribution is -0.142. The number of nitriles is 1. The van der Waals surface area contributed by atoms with Crippen LogP contribution < -0.4 is 15.4 Å². The number of halogens is 2. The normalized spacial score (nSPS) is 19.4. The Morgan fingerprint density at radius 1 is 0.882 bits per heavy atom. The number of hydrogen-bond donors (Lipinski definition) is 5. The van der Waals surface area contributed by atoms with Crippen LogP contribution in [0.3, 0.4) is 0 Å². The number of hydrogen-bond acceptors (Lipinski definition) is 14. The quantitative estimate of drug-likeness (QED) is 0.0904. The number of aromatic nitrogens is 1. The first-order chi connectivity index (χ1) is 32.3. The molecule has 0 bridgehead atoms. The number of carbonyl (C=O) groups excluding carboxylic acids is 4. The first-order valence-corrected chi connectivity index (χ1v) is 22.7. The van der Waals surface area contributed by atoms with Gasteiger partial charge in [-0.1, -0.05) is 6.42 Å². The highest BCUT2D eigenvalue weighted by Crippen LogP contribution is 2.32. The van der Waals surface area contributed by atoms with Gasteiger partial charge in [-0.05, 0) is 70.5 Å². The number of alkyl halides is 2. The van der Waals surface area contributed by atoms with Gasteiger partial charge in [-0.25, -0.2) is 8.78 Å². The molecular weight excluding hydrogens is 895 g/mol. The number of carboxylic acid groups (broad SMARTS) is 3. The lowest BCUT2D eigenvalue weighted by Crippen LogP contribution is -2.59. The van der Waals surface area contributed by atoms with Crippen LogP contribution in [0.4, 0.5) is 8.78 Å². The van der Waals surface area contributed by atoms with Gasteiger partial charge in [0.15, 0.2) is 0 Å². The van der Waals surface area contributed by atoms with Crippen LogP contribution in [-0.4, -0.2) is 221 Å². The summed E-state index contributed by atoms with van der Waals surface area (Å²) in [6.45, 7) is 0.598. The minimum Gasteiger partial charge on any atom is -0.494 e. The summed E-state index contributed by atoms with van der Waals surface area (Å²) in [7, 11) is 3.48. The van der Waals surface area contributed by atoms with E-state index in [9.17, 15) is 62.9 Å². The summed E-state index contributed by atoms with van der Waals surface area (Å²) in [5.74, 6) is -7.48. The van der Waals surface area contributed by atoms with Crippen molar-refractivity contribution in [2.24, 2.45) is 0 Å². The molecule has 2 aromatic rings. The maximum absolute atomic E-state index is 13.8.